The summed E-state index contributed by atoms with van der Waals surface area (Å²) in [6, 6.07) is 44.9. The third-order valence-electron chi connectivity index (χ3n) is 17.1. The Labute approximate surface area is 585 Å². The summed E-state index contributed by atoms with van der Waals surface area (Å²) < 4.78 is 71.3. The molecule has 3 aliphatic heterocycles. The largest absolute Gasteiger partial charge is 0.445 e. The van der Waals surface area contributed by atoms with Gasteiger partial charge in [-0.25, -0.2) is 28.8 Å². The lowest BCUT2D eigenvalue weighted by molar-refractivity contribution is -0.311. The molecule has 10 rings (SSSR count). The van der Waals surface area contributed by atoms with Crippen LogP contribution in [0.15, 0.2) is 182 Å². The number of benzene rings is 6. The van der Waals surface area contributed by atoms with E-state index in [-0.39, 0.29) is 39.6 Å². The molecule has 0 unspecified atom stereocenters. The van der Waals surface area contributed by atoms with E-state index in [9.17, 15) is 64.5 Å². The molecule has 4 aliphatic rings. The lowest BCUT2D eigenvalue weighted by atomic mass is 9.83. The third kappa shape index (κ3) is 21.3. The van der Waals surface area contributed by atoms with Crippen molar-refractivity contribution in [1.29, 1.82) is 0 Å². The molecule has 31 heteroatoms. The number of nitrogens with one attached hydrogen (secondary N) is 6. The zero-order valence-electron chi connectivity index (χ0n) is 54.8. The van der Waals surface area contributed by atoms with E-state index in [0.29, 0.717) is 33.4 Å². The van der Waals surface area contributed by atoms with Gasteiger partial charge in [-0.05, 0) is 39.8 Å². The van der Waals surface area contributed by atoms with Crippen LogP contribution >= 0.6 is 0 Å². The summed E-state index contributed by atoms with van der Waals surface area (Å²) in [4.78, 5) is 81.7. The Hall–Kier alpha value is -9.58. The van der Waals surface area contributed by atoms with Crippen LogP contribution in [-0.4, -0.2) is 208 Å². The number of aliphatic hydroxyl groups excluding tert-OH is 7. The summed E-state index contributed by atoms with van der Waals surface area (Å²) >= 11 is 0. The number of carbonyl (C=O) groups excluding carboxylic acids is 6. The monoisotopic (exact) mass is 1420 g/mol. The van der Waals surface area contributed by atoms with Crippen LogP contribution < -0.4 is 31.9 Å². The number of ether oxygens (including phenoxy) is 12. The Balaban J connectivity index is 0.959. The van der Waals surface area contributed by atoms with Gasteiger partial charge in [0.2, 0.25) is 0 Å². The Kier molecular flexibility index (Phi) is 27.5. The van der Waals surface area contributed by atoms with E-state index in [4.69, 9.17) is 56.8 Å². The van der Waals surface area contributed by atoms with Crippen molar-refractivity contribution in [2.75, 3.05) is 19.7 Å². The number of alkyl carbamates (subject to hydrolysis) is 6. The molecule has 13 N–H and O–H groups in total. The Morgan fingerprint density at radius 2 is 0.618 bits per heavy atom. The smallest absolute Gasteiger partial charge is 0.407 e. The number of hydrogen-bond acceptors (Lipinski definition) is 25. The maximum atomic E-state index is 14.2. The fraction of sp³-hybridized carbons (Fsp3) is 0.408. The lowest BCUT2D eigenvalue weighted by Crippen LogP contribution is -2.70. The van der Waals surface area contributed by atoms with Crippen LogP contribution in [0.3, 0.4) is 0 Å². The molecule has 3 saturated heterocycles. The fourth-order valence-corrected chi connectivity index (χ4v) is 11.7. The minimum absolute atomic E-state index is 0.141. The second-order valence-electron chi connectivity index (χ2n) is 24.3. The van der Waals surface area contributed by atoms with Crippen molar-refractivity contribution in [2.24, 2.45) is 0 Å². The van der Waals surface area contributed by atoms with Crippen molar-refractivity contribution in [1.82, 2.24) is 31.9 Å². The second kappa shape index (κ2) is 37.4. The molecule has 546 valence electrons. The predicted octanol–water partition coefficient (Wildman–Crippen LogP) is 2.91. The molecular formula is C71H82N6O25. The van der Waals surface area contributed by atoms with Crippen molar-refractivity contribution in [2.45, 2.75) is 162 Å². The van der Waals surface area contributed by atoms with Crippen LogP contribution in [0.5, 0.6) is 0 Å². The summed E-state index contributed by atoms with van der Waals surface area (Å²) in [5.41, 5.74) is 3.57. The highest BCUT2D eigenvalue weighted by molar-refractivity contribution is 5.70. The number of rotatable bonds is 27. The molecule has 0 spiro atoms. The SMILES string of the molecule is O=C(NC[C@@H]1O[C@H](O[C@H]2[C@@H](O)[C@H](O[C@@H]3[C@@H](O)[C@H](NC(=O)OCc4ccccc4)C[C@H](NC(=O)OCc4ccccc4)[C@H]3O[C@H]3O[C@H](CNC(=O)OCc4ccccc4)[C@@H](O)[C@H](O)[C@H]3NC(=O)OCc3ccccc3)O[C@@H]2CO)[C@H](NC(=O)OCc2ccccc2)[C@@H](O)[C@@H]1O)OCc1ccccc1. The molecular weight excluding hydrogens is 1340 g/mol. The van der Waals surface area contributed by atoms with E-state index < -0.39 is 179 Å². The molecule has 4 fully saturated rings. The highest BCUT2D eigenvalue weighted by atomic mass is 16.8. The average molecular weight is 1420 g/mol. The molecule has 102 heavy (non-hydrogen) atoms. The quantitative estimate of drug-likeness (QED) is 0.0330. The predicted molar refractivity (Wildman–Crippen MR) is 352 cm³/mol. The topological polar surface area (TPSA) is 427 Å². The number of amides is 6. The van der Waals surface area contributed by atoms with Gasteiger partial charge in [-0.3, -0.25) is 0 Å². The van der Waals surface area contributed by atoms with Gasteiger partial charge in [0.25, 0.3) is 0 Å². The van der Waals surface area contributed by atoms with Crippen molar-refractivity contribution in [3.05, 3.63) is 215 Å². The van der Waals surface area contributed by atoms with Gasteiger partial charge in [0, 0.05) is 13.1 Å². The summed E-state index contributed by atoms with van der Waals surface area (Å²) in [5.74, 6) is 0. The van der Waals surface area contributed by atoms with Gasteiger partial charge in [-0.2, -0.15) is 0 Å². The molecule has 3 heterocycles. The summed E-state index contributed by atoms with van der Waals surface area (Å²) in [5, 5.41) is 98.7. The minimum atomic E-state index is -2.11. The second-order valence-corrected chi connectivity index (χ2v) is 24.3. The highest BCUT2D eigenvalue weighted by Crippen LogP contribution is 2.36. The zero-order chi connectivity index (χ0) is 71.9. The molecule has 31 nitrogen and oxygen atoms in total. The molecule has 0 bridgehead atoms. The molecule has 6 amide bonds. The zero-order valence-corrected chi connectivity index (χ0v) is 54.8. The number of hydrogen-bond donors (Lipinski definition) is 13. The standard InChI is InChI=1S/C71H82N6O25/c78-34-51-61(101-64-53(77-71(90)96-40-46-29-17-6-18-30-46)58(83)56(81)50(98-64)33-73-67(86)92-36-42-21-9-2-10-22-42)59(84)65(99-51)102-62-54(79)47(74-68(87)93-37-43-23-11-3-12-24-43)31-48(75-69(88)94-38-44-25-13-4-14-26-44)60(62)100-63-52(76-70(89)95-39-45-27-15-5-16-28-45)57(82)55(80)49(97-63)32-72-66(85)91-35-41-19-7-1-8-20-41/h1-30,47-65,78-84H,31-40H2,(H,72,85)(H,73,86)(H,74,87)(H,75,88)(H,76,89)(H,77,90)/t47-,48+,49-,50+,51-,52-,53-,54+,55-,56-,57-,58-,59-,60-,61-,62-,63-,64-,65+/m1/s1. The summed E-state index contributed by atoms with van der Waals surface area (Å²) in [6.45, 7) is -3.47. The summed E-state index contributed by atoms with van der Waals surface area (Å²) in [6.07, 6.45) is -35.3. The lowest BCUT2D eigenvalue weighted by Gasteiger charge is -2.49. The van der Waals surface area contributed by atoms with Crippen molar-refractivity contribution >= 4 is 36.6 Å². The van der Waals surface area contributed by atoms with E-state index >= 15 is 0 Å². The maximum Gasteiger partial charge on any atom is 0.407 e. The molecule has 0 aromatic heterocycles. The fourth-order valence-electron chi connectivity index (χ4n) is 11.7. The third-order valence-corrected chi connectivity index (χ3v) is 17.1. The maximum absolute atomic E-state index is 14.2. The average Bonchev–Trinajstić information content (AvgIpc) is 1.29. The molecule has 19 atom stereocenters. The number of aliphatic hydroxyl groups is 7. The molecule has 1 saturated carbocycles. The first-order chi connectivity index (χ1) is 49.5. The molecule has 1 aliphatic carbocycles. The van der Waals surface area contributed by atoms with Gasteiger partial charge in [-0.15, -0.1) is 0 Å². The van der Waals surface area contributed by atoms with E-state index in [0.717, 1.165) is 0 Å². The van der Waals surface area contributed by atoms with Crippen molar-refractivity contribution in [3.63, 3.8) is 0 Å². The van der Waals surface area contributed by atoms with Crippen molar-refractivity contribution < 1.29 is 121 Å². The normalized spacial score (nSPS) is 28.2. The van der Waals surface area contributed by atoms with Gasteiger partial charge in [0.05, 0.1) is 18.7 Å². The Bertz CT molecular complexity index is 3590. The Morgan fingerprint density at radius 1 is 0.324 bits per heavy atom. The molecule has 6 aromatic rings. The minimum Gasteiger partial charge on any atom is -0.445 e. The van der Waals surface area contributed by atoms with Crippen LogP contribution in [0.4, 0.5) is 28.8 Å². The first kappa shape index (κ1) is 75.1. The van der Waals surface area contributed by atoms with Crippen molar-refractivity contribution in [3.8, 4) is 0 Å². The van der Waals surface area contributed by atoms with E-state index in [1.54, 1.807) is 182 Å². The summed E-state index contributed by atoms with van der Waals surface area (Å²) in [7, 11) is 0. The first-order valence-electron chi connectivity index (χ1n) is 32.9. The van der Waals surface area contributed by atoms with Gasteiger partial charge < -0.3 is 124 Å². The Morgan fingerprint density at radius 3 is 0.961 bits per heavy atom. The van der Waals surface area contributed by atoms with Crippen LogP contribution in [0, 0.1) is 0 Å². The van der Waals surface area contributed by atoms with E-state index in [1.165, 1.54) is 0 Å². The number of carbonyl (C=O) groups is 6. The van der Waals surface area contributed by atoms with Crippen LogP contribution in [0.1, 0.15) is 39.8 Å². The van der Waals surface area contributed by atoms with Gasteiger partial charge >= 0.3 is 36.6 Å². The van der Waals surface area contributed by atoms with Gasteiger partial charge in [-0.1, -0.05) is 182 Å². The van der Waals surface area contributed by atoms with E-state index in [2.05, 4.69) is 31.9 Å². The molecule has 6 aromatic carbocycles. The first-order valence-corrected chi connectivity index (χ1v) is 32.9. The highest BCUT2D eigenvalue weighted by Gasteiger charge is 2.57. The van der Waals surface area contributed by atoms with Gasteiger partial charge in [0.15, 0.2) is 18.9 Å². The van der Waals surface area contributed by atoms with E-state index in [1.807, 2.05) is 0 Å². The van der Waals surface area contributed by atoms with Gasteiger partial charge in [0.1, 0.15) is 125 Å². The van der Waals surface area contributed by atoms with Crippen LogP contribution in [-0.2, 0) is 96.5 Å². The molecule has 0 radical (unpaired) electrons. The van der Waals surface area contributed by atoms with Crippen LogP contribution in [0.2, 0.25) is 0 Å². The van der Waals surface area contributed by atoms with Crippen LogP contribution in [0.25, 0.3) is 0 Å².